The quantitative estimate of drug-likeness (QED) is 0.222. The van der Waals surface area contributed by atoms with E-state index in [-0.39, 0.29) is 24.0 Å². The molecule has 150 valence electrons. The molecule has 4 nitrogen and oxygen atoms in total. The average Bonchev–Trinajstić information content (AvgIpc) is 2.52. The second-order valence-corrected chi connectivity index (χ2v) is 7.14. The van der Waals surface area contributed by atoms with E-state index in [1.165, 1.54) is 4.90 Å². The minimum Gasteiger partial charge on any atom is -0.357 e. The molecule has 0 aromatic carbocycles. The molecule has 1 rings (SSSR count). The number of aliphatic imine (C=N–C) groups is 1. The van der Waals surface area contributed by atoms with Crippen molar-refractivity contribution >= 4 is 41.7 Å². The first-order valence-corrected chi connectivity index (χ1v) is 10.1. The number of piperidine rings is 1. The van der Waals surface area contributed by atoms with E-state index in [1.807, 2.05) is 18.7 Å². The van der Waals surface area contributed by atoms with Crippen molar-refractivity contribution in [1.29, 1.82) is 0 Å². The molecule has 1 aliphatic rings. The predicted octanol–water partition coefficient (Wildman–Crippen LogP) is 3.58. The number of halogens is 4. The van der Waals surface area contributed by atoms with E-state index in [0.29, 0.717) is 19.0 Å². The van der Waals surface area contributed by atoms with Gasteiger partial charge in [-0.1, -0.05) is 0 Å². The van der Waals surface area contributed by atoms with Crippen molar-refractivity contribution in [2.75, 3.05) is 51.3 Å². The lowest BCUT2D eigenvalue weighted by atomic mass is 9.93. The molecule has 1 fully saturated rings. The first-order chi connectivity index (χ1) is 11.4. The smallest absolute Gasteiger partial charge is 0.357 e. The number of guanidine groups is 1. The molecule has 0 aromatic heterocycles. The maximum absolute atomic E-state index is 12.4. The summed E-state index contributed by atoms with van der Waals surface area (Å²) in [5.74, 6) is 2.45. The molecule has 0 spiro atoms. The van der Waals surface area contributed by atoms with Crippen LogP contribution in [-0.2, 0) is 0 Å². The Bertz CT molecular complexity index is 362. The zero-order valence-electron chi connectivity index (χ0n) is 15.2. The van der Waals surface area contributed by atoms with Crippen molar-refractivity contribution in [3.05, 3.63) is 0 Å². The van der Waals surface area contributed by atoms with Crippen molar-refractivity contribution in [3.8, 4) is 0 Å². The summed E-state index contributed by atoms with van der Waals surface area (Å²) in [4.78, 5) is 6.05. The minimum absolute atomic E-state index is 0. The Morgan fingerprint density at radius 3 is 2.48 bits per heavy atom. The molecule has 0 atom stereocenters. The zero-order chi connectivity index (χ0) is 17.8. The molecule has 1 aliphatic heterocycles. The van der Waals surface area contributed by atoms with Crippen LogP contribution in [0.25, 0.3) is 0 Å². The molecule has 0 amide bonds. The molecule has 1 heterocycles. The van der Waals surface area contributed by atoms with Gasteiger partial charge in [0.15, 0.2) is 5.96 Å². The van der Waals surface area contributed by atoms with Crippen LogP contribution in [0.4, 0.5) is 13.2 Å². The Balaban J connectivity index is 0.00000576. The highest BCUT2D eigenvalue weighted by atomic mass is 127. The lowest BCUT2D eigenvalue weighted by molar-refractivity contribution is -0.148. The Hall–Kier alpha value is 0.1000. The third-order valence-corrected chi connectivity index (χ3v) is 4.77. The predicted molar refractivity (Wildman–Crippen MR) is 112 cm³/mol. The van der Waals surface area contributed by atoms with Gasteiger partial charge in [0.1, 0.15) is 0 Å². The second-order valence-electron chi connectivity index (χ2n) is 6.16. The molecule has 0 unspecified atom stereocenters. The van der Waals surface area contributed by atoms with Gasteiger partial charge < -0.3 is 10.6 Å². The number of rotatable bonds is 9. The third-order valence-electron chi connectivity index (χ3n) is 4.08. The van der Waals surface area contributed by atoms with Gasteiger partial charge in [-0.15, -0.1) is 24.0 Å². The SMILES string of the molecule is CCNC(=NCCCSC)NCCC1CCN(CC(F)(F)F)CC1.I. The maximum Gasteiger partial charge on any atom is 0.401 e. The summed E-state index contributed by atoms with van der Waals surface area (Å²) in [7, 11) is 0. The fraction of sp³-hybridized carbons (Fsp3) is 0.938. The van der Waals surface area contributed by atoms with Crippen molar-refractivity contribution in [1.82, 2.24) is 15.5 Å². The molecule has 2 N–H and O–H groups in total. The van der Waals surface area contributed by atoms with Gasteiger partial charge in [0.2, 0.25) is 0 Å². The number of likely N-dealkylation sites (tertiary alicyclic amines) is 1. The van der Waals surface area contributed by atoms with Crippen LogP contribution in [0, 0.1) is 5.92 Å². The average molecular weight is 496 g/mol. The lowest BCUT2D eigenvalue weighted by Crippen LogP contribution is -2.41. The Labute approximate surface area is 171 Å². The highest BCUT2D eigenvalue weighted by molar-refractivity contribution is 14.0. The van der Waals surface area contributed by atoms with Gasteiger partial charge in [-0.3, -0.25) is 9.89 Å². The molecule has 0 aromatic rings. The van der Waals surface area contributed by atoms with Gasteiger partial charge in [-0.05, 0) is 63.6 Å². The van der Waals surface area contributed by atoms with Gasteiger partial charge in [0.25, 0.3) is 0 Å². The van der Waals surface area contributed by atoms with E-state index < -0.39 is 12.7 Å². The molecule has 0 aliphatic carbocycles. The Morgan fingerprint density at radius 1 is 1.24 bits per heavy atom. The first-order valence-electron chi connectivity index (χ1n) is 8.74. The van der Waals surface area contributed by atoms with Crippen molar-refractivity contribution in [2.24, 2.45) is 10.9 Å². The Kier molecular flexibility index (Phi) is 14.3. The summed E-state index contributed by atoms with van der Waals surface area (Å²) >= 11 is 1.82. The van der Waals surface area contributed by atoms with E-state index in [2.05, 4.69) is 21.9 Å². The fourth-order valence-electron chi connectivity index (χ4n) is 2.82. The summed E-state index contributed by atoms with van der Waals surface area (Å²) < 4.78 is 37.1. The van der Waals surface area contributed by atoms with Crippen LogP contribution >= 0.6 is 35.7 Å². The van der Waals surface area contributed by atoms with Gasteiger partial charge in [0.05, 0.1) is 6.54 Å². The molecule has 1 saturated heterocycles. The lowest BCUT2D eigenvalue weighted by Gasteiger charge is -2.32. The van der Waals surface area contributed by atoms with Gasteiger partial charge >= 0.3 is 6.18 Å². The number of alkyl halides is 3. The number of nitrogens with one attached hydrogen (secondary N) is 2. The van der Waals surface area contributed by atoms with Crippen molar-refractivity contribution in [2.45, 2.75) is 38.8 Å². The van der Waals surface area contributed by atoms with Crippen LogP contribution in [0.15, 0.2) is 4.99 Å². The number of nitrogens with zero attached hydrogens (tertiary/aromatic N) is 2. The second kappa shape index (κ2) is 14.2. The van der Waals surface area contributed by atoms with Crippen LogP contribution in [0.5, 0.6) is 0 Å². The van der Waals surface area contributed by atoms with E-state index in [1.54, 1.807) is 0 Å². The molecule has 0 radical (unpaired) electrons. The highest BCUT2D eigenvalue weighted by Crippen LogP contribution is 2.23. The van der Waals surface area contributed by atoms with Crippen LogP contribution in [0.1, 0.15) is 32.6 Å². The van der Waals surface area contributed by atoms with Gasteiger partial charge in [0, 0.05) is 19.6 Å². The van der Waals surface area contributed by atoms with Gasteiger partial charge in [-0.25, -0.2) is 0 Å². The molecule has 0 saturated carbocycles. The highest BCUT2D eigenvalue weighted by Gasteiger charge is 2.32. The molecule has 9 heteroatoms. The van der Waals surface area contributed by atoms with E-state index in [4.69, 9.17) is 0 Å². The van der Waals surface area contributed by atoms with Gasteiger partial charge in [-0.2, -0.15) is 24.9 Å². The summed E-state index contributed by atoms with van der Waals surface area (Å²) in [6.07, 6.45) is 1.75. The largest absolute Gasteiger partial charge is 0.401 e. The number of hydrogen-bond donors (Lipinski definition) is 2. The van der Waals surface area contributed by atoms with E-state index in [0.717, 1.165) is 57.0 Å². The van der Waals surface area contributed by atoms with Crippen LogP contribution in [0.2, 0.25) is 0 Å². The normalized spacial score (nSPS) is 17.2. The molecular formula is C16H32F3IN4S. The molecule has 0 bridgehead atoms. The van der Waals surface area contributed by atoms with Crippen molar-refractivity contribution in [3.63, 3.8) is 0 Å². The topological polar surface area (TPSA) is 39.7 Å². The van der Waals surface area contributed by atoms with E-state index in [9.17, 15) is 13.2 Å². The minimum atomic E-state index is -4.08. The number of hydrogen-bond acceptors (Lipinski definition) is 3. The fourth-order valence-corrected chi connectivity index (χ4v) is 3.24. The zero-order valence-corrected chi connectivity index (χ0v) is 18.3. The van der Waals surface area contributed by atoms with E-state index >= 15 is 0 Å². The van der Waals surface area contributed by atoms with Crippen LogP contribution < -0.4 is 10.6 Å². The number of thioether (sulfide) groups is 1. The summed E-state index contributed by atoms with van der Waals surface area (Å²) in [5.41, 5.74) is 0. The maximum atomic E-state index is 12.4. The third kappa shape index (κ3) is 13.0. The molecular weight excluding hydrogens is 464 g/mol. The summed E-state index contributed by atoms with van der Waals surface area (Å²) in [6.45, 7) is 4.81. The first kappa shape index (κ1) is 25.1. The van der Waals surface area contributed by atoms with Crippen LogP contribution in [0.3, 0.4) is 0 Å². The summed E-state index contributed by atoms with van der Waals surface area (Å²) in [5, 5.41) is 6.56. The summed E-state index contributed by atoms with van der Waals surface area (Å²) in [6, 6.07) is 0. The molecule has 25 heavy (non-hydrogen) atoms. The Morgan fingerprint density at radius 2 is 1.92 bits per heavy atom. The standard InChI is InChI=1S/C16H31F3N4S.HI/c1-3-20-15(21-8-4-12-24-2)22-9-5-14-6-10-23(11-7-14)13-16(17,18)19;/h14H,3-13H2,1-2H3,(H2,20,21,22);1H. The van der Waals surface area contributed by atoms with Crippen LogP contribution in [-0.4, -0.2) is 68.3 Å². The van der Waals surface area contributed by atoms with Crippen molar-refractivity contribution < 1.29 is 13.2 Å². The monoisotopic (exact) mass is 496 g/mol.